The minimum absolute atomic E-state index is 0.160. The van der Waals surface area contributed by atoms with Gasteiger partial charge in [-0.3, -0.25) is 0 Å². The third kappa shape index (κ3) is 2.38. The summed E-state index contributed by atoms with van der Waals surface area (Å²) in [4.78, 5) is 0.160. The van der Waals surface area contributed by atoms with Gasteiger partial charge in [0.05, 0.1) is 11.5 Å². The molecule has 0 amide bonds. The Morgan fingerprint density at radius 1 is 1.37 bits per heavy atom. The second-order valence-electron chi connectivity index (χ2n) is 5.23. The van der Waals surface area contributed by atoms with Crippen LogP contribution in [-0.2, 0) is 10.0 Å². The molecule has 1 fully saturated rings. The quantitative estimate of drug-likeness (QED) is 0.822. The zero-order chi connectivity index (χ0) is 14.3. The molecule has 7 heteroatoms. The van der Waals surface area contributed by atoms with Crippen LogP contribution in [0.2, 0.25) is 0 Å². The fourth-order valence-corrected chi connectivity index (χ4v) is 4.04. The average molecular weight is 283 g/mol. The number of aromatic nitrogens is 1. The number of piperidine rings is 1. The van der Waals surface area contributed by atoms with Crippen molar-refractivity contribution in [2.24, 2.45) is 5.41 Å². The maximum absolute atomic E-state index is 12.5. The smallest absolute Gasteiger partial charge is 0.248 e. The van der Waals surface area contributed by atoms with Crippen molar-refractivity contribution in [1.82, 2.24) is 9.46 Å². The fraction of sp³-hybridized carbons (Fsp3) is 0.667. The first-order valence-corrected chi connectivity index (χ1v) is 7.58. The van der Waals surface area contributed by atoms with Crippen molar-refractivity contribution in [3.05, 3.63) is 11.5 Å². The highest BCUT2D eigenvalue weighted by Crippen LogP contribution is 2.33. The molecule has 0 spiro atoms. The van der Waals surface area contributed by atoms with Crippen LogP contribution in [-0.4, -0.2) is 31.0 Å². The normalized spacial score (nSPS) is 20.1. The van der Waals surface area contributed by atoms with E-state index in [1.54, 1.807) is 13.8 Å². The Hall–Kier alpha value is -1.39. The number of nitrogens with zero attached hydrogens (tertiary/aromatic N) is 3. The van der Waals surface area contributed by atoms with Gasteiger partial charge >= 0.3 is 0 Å². The van der Waals surface area contributed by atoms with E-state index in [-0.39, 0.29) is 4.90 Å². The number of hydrogen-bond acceptors (Lipinski definition) is 5. The molecule has 104 valence electrons. The fourth-order valence-electron chi connectivity index (χ4n) is 2.30. The topological polar surface area (TPSA) is 87.2 Å². The number of aryl methyl sites for hydroxylation is 2. The van der Waals surface area contributed by atoms with E-state index < -0.39 is 15.4 Å². The number of hydrogen-bond donors (Lipinski definition) is 0. The highest BCUT2D eigenvalue weighted by Gasteiger charge is 2.37. The summed E-state index contributed by atoms with van der Waals surface area (Å²) in [6.07, 6.45) is 1.10. The molecule has 0 bridgehead atoms. The second kappa shape index (κ2) is 4.62. The molecule has 1 aromatic heterocycles. The Labute approximate surface area is 113 Å². The molecule has 6 nitrogen and oxygen atoms in total. The van der Waals surface area contributed by atoms with Gasteiger partial charge in [0.25, 0.3) is 0 Å². The van der Waals surface area contributed by atoms with Gasteiger partial charge < -0.3 is 4.52 Å². The summed E-state index contributed by atoms with van der Waals surface area (Å²) < 4.78 is 31.4. The molecular weight excluding hydrogens is 266 g/mol. The van der Waals surface area contributed by atoms with Crippen LogP contribution in [0.15, 0.2) is 9.42 Å². The number of sulfonamides is 1. The first-order valence-electron chi connectivity index (χ1n) is 6.14. The molecule has 0 aliphatic carbocycles. The Bertz CT molecular complexity index is 600. The molecule has 0 N–H and O–H groups in total. The highest BCUT2D eigenvalue weighted by molar-refractivity contribution is 7.89. The highest BCUT2D eigenvalue weighted by atomic mass is 32.2. The van der Waals surface area contributed by atoms with Crippen LogP contribution in [0.3, 0.4) is 0 Å². The molecule has 0 aromatic carbocycles. The maximum Gasteiger partial charge on any atom is 0.248 e. The van der Waals surface area contributed by atoms with E-state index >= 15 is 0 Å². The molecule has 1 aliphatic rings. The summed E-state index contributed by atoms with van der Waals surface area (Å²) in [5.74, 6) is 0.311. The standard InChI is InChI=1S/C12H17N3O3S/c1-9-11(10(2)18-14-9)19(16,17)15-6-4-12(3,8-13)5-7-15/h4-7H2,1-3H3. The summed E-state index contributed by atoms with van der Waals surface area (Å²) in [6.45, 7) is 5.79. The van der Waals surface area contributed by atoms with Gasteiger partial charge in [0, 0.05) is 13.1 Å². The van der Waals surface area contributed by atoms with E-state index in [1.165, 1.54) is 4.31 Å². The monoisotopic (exact) mass is 283 g/mol. The third-order valence-corrected chi connectivity index (χ3v) is 5.81. The molecule has 0 atom stereocenters. The van der Waals surface area contributed by atoms with Crippen LogP contribution >= 0.6 is 0 Å². The van der Waals surface area contributed by atoms with Crippen LogP contribution in [0.25, 0.3) is 0 Å². The summed E-state index contributed by atoms with van der Waals surface area (Å²) in [6, 6.07) is 2.26. The lowest BCUT2D eigenvalue weighted by Gasteiger charge is -2.33. The van der Waals surface area contributed by atoms with Gasteiger partial charge in [-0.15, -0.1) is 0 Å². The van der Waals surface area contributed by atoms with Gasteiger partial charge in [-0.2, -0.15) is 9.57 Å². The third-order valence-electron chi connectivity index (χ3n) is 3.66. The molecule has 1 aliphatic heterocycles. The predicted octanol–water partition coefficient (Wildman–Crippen LogP) is 1.61. The van der Waals surface area contributed by atoms with Crippen molar-refractivity contribution in [1.29, 1.82) is 5.26 Å². The summed E-state index contributed by atoms with van der Waals surface area (Å²) in [7, 11) is -3.57. The van der Waals surface area contributed by atoms with Gasteiger partial charge in [0.15, 0.2) is 5.76 Å². The Morgan fingerprint density at radius 2 is 1.95 bits per heavy atom. The molecule has 0 saturated carbocycles. The average Bonchev–Trinajstić information content (AvgIpc) is 2.70. The lowest BCUT2D eigenvalue weighted by molar-refractivity contribution is 0.232. The van der Waals surface area contributed by atoms with E-state index in [0.717, 1.165) is 0 Å². The zero-order valence-corrected chi connectivity index (χ0v) is 12.1. The van der Waals surface area contributed by atoms with Crippen molar-refractivity contribution in [2.75, 3.05) is 13.1 Å². The van der Waals surface area contributed by atoms with Crippen LogP contribution in [0.1, 0.15) is 31.2 Å². The summed E-state index contributed by atoms with van der Waals surface area (Å²) in [5, 5.41) is 12.8. The Kier molecular flexibility index (Phi) is 3.41. The minimum atomic E-state index is -3.57. The molecule has 0 radical (unpaired) electrons. The summed E-state index contributed by atoms with van der Waals surface area (Å²) >= 11 is 0. The molecule has 2 rings (SSSR count). The van der Waals surface area contributed by atoms with Crippen LogP contribution in [0.5, 0.6) is 0 Å². The molecule has 19 heavy (non-hydrogen) atoms. The van der Waals surface area contributed by atoms with Gasteiger partial charge in [0.1, 0.15) is 10.6 Å². The number of rotatable bonds is 2. The first-order chi connectivity index (χ1) is 8.80. The number of nitriles is 1. The maximum atomic E-state index is 12.5. The van der Waals surface area contributed by atoms with Crippen LogP contribution in [0.4, 0.5) is 0 Å². The van der Waals surface area contributed by atoms with Crippen molar-refractivity contribution in [3.8, 4) is 6.07 Å². The second-order valence-corrected chi connectivity index (χ2v) is 7.10. The van der Waals surface area contributed by atoms with E-state index in [4.69, 9.17) is 9.78 Å². The van der Waals surface area contributed by atoms with Gasteiger partial charge in [-0.05, 0) is 33.6 Å². The van der Waals surface area contributed by atoms with Crippen LogP contribution in [0, 0.1) is 30.6 Å². The first kappa shape index (κ1) is 14.0. The van der Waals surface area contributed by atoms with E-state index in [2.05, 4.69) is 11.2 Å². The van der Waals surface area contributed by atoms with Crippen molar-refractivity contribution in [2.45, 2.75) is 38.5 Å². The van der Waals surface area contributed by atoms with Gasteiger partial charge in [-0.25, -0.2) is 8.42 Å². The van der Waals surface area contributed by atoms with E-state index in [1.807, 2.05) is 6.92 Å². The summed E-state index contributed by atoms with van der Waals surface area (Å²) in [5.41, 5.74) is -0.0452. The largest absolute Gasteiger partial charge is 0.360 e. The minimum Gasteiger partial charge on any atom is -0.360 e. The Balaban J connectivity index is 2.27. The lowest BCUT2D eigenvalue weighted by atomic mass is 9.83. The zero-order valence-electron chi connectivity index (χ0n) is 11.3. The van der Waals surface area contributed by atoms with Gasteiger partial charge in [0.2, 0.25) is 10.0 Å². The molecule has 1 saturated heterocycles. The molecule has 2 heterocycles. The van der Waals surface area contributed by atoms with Crippen LogP contribution < -0.4 is 0 Å². The van der Waals surface area contributed by atoms with Crippen molar-refractivity contribution >= 4 is 10.0 Å². The Morgan fingerprint density at radius 3 is 2.37 bits per heavy atom. The van der Waals surface area contributed by atoms with Gasteiger partial charge in [-0.1, -0.05) is 5.16 Å². The molecule has 0 unspecified atom stereocenters. The molecular formula is C12H17N3O3S. The predicted molar refractivity (Wildman–Crippen MR) is 67.7 cm³/mol. The van der Waals surface area contributed by atoms with Crippen molar-refractivity contribution < 1.29 is 12.9 Å². The molecule has 1 aromatic rings. The van der Waals surface area contributed by atoms with Crippen molar-refractivity contribution in [3.63, 3.8) is 0 Å². The van der Waals surface area contributed by atoms with E-state index in [0.29, 0.717) is 37.4 Å². The van der Waals surface area contributed by atoms with E-state index in [9.17, 15) is 8.42 Å². The lowest BCUT2D eigenvalue weighted by Crippen LogP contribution is -2.41. The SMILES string of the molecule is Cc1noc(C)c1S(=O)(=O)N1CCC(C)(C#N)CC1.